The number of carbonyl (C=O) groups excluding carboxylic acids is 1. The molecule has 2 saturated heterocycles. The van der Waals surface area contributed by atoms with Crippen molar-refractivity contribution >= 4 is 11.9 Å². The zero-order valence-corrected chi connectivity index (χ0v) is 12.8. The number of carboxylic acids is 1. The van der Waals surface area contributed by atoms with Crippen LogP contribution in [-0.2, 0) is 16.1 Å². The number of aliphatic carboxylic acids is 1. The molecule has 1 aliphatic carbocycles. The predicted molar refractivity (Wildman–Crippen MR) is 77.4 cm³/mol. The molecule has 124 valence electrons. The normalized spacial score (nSPS) is 27.3. The van der Waals surface area contributed by atoms with E-state index in [1.807, 2.05) is 0 Å². The lowest BCUT2D eigenvalue weighted by Crippen LogP contribution is -2.55. The Morgan fingerprint density at radius 3 is 2.78 bits per heavy atom. The summed E-state index contributed by atoms with van der Waals surface area (Å²) in [5, 5.41) is 16.3. The number of likely N-dealkylation sites (tertiary alicyclic amines) is 1. The molecule has 1 spiro atoms. The van der Waals surface area contributed by atoms with Gasteiger partial charge in [0.1, 0.15) is 0 Å². The van der Waals surface area contributed by atoms with Crippen LogP contribution in [0.15, 0.2) is 4.52 Å². The van der Waals surface area contributed by atoms with E-state index in [2.05, 4.69) is 20.4 Å². The van der Waals surface area contributed by atoms with Crippen LogP contribution in [0.3, 0.4) is 0 Å². The van der Waals surface area contributed by atoms with Crippen molar-refractivity contribution in [3.63, 3.8) is 0 Å². The predicted octanol–water partition coefficient (Wildman–Crippen LogP) is 0.502. The minimum absolute atomic E-state index is 0.0882. The topological polar surface area (TPSA) is 109 Å². The van der Waals surface area contributed by atoms with Gasteiger partial charge in [-0.25, -0.2) is 0 Å². The molecule has 4 rings (SSSR count). The Hall–Kier alpha value is -1.96. The molecule has 8 nitrogen and oxygen atoms in total. The number of hydrogen-bond donors (Lipinski definition) is 2. The highest BCUT2D eigenvalue weighted by atomic mass is 16.5. The molecular weight excluding hydrogens is 300 g/mol. The maximum atomic E-state index is 11.7. The minimum atomic E-state index is -0.885. The van der Waals surface area contributed by atoms with E-state index in [0.29, 0.717) is 31.1 Å². The molecule has 3 aliphatic rings. The molecular formula is C15H20N4O4. The Morgan fingerprint density at radius 1 is 1.39 bits per heavy atom. The van der Waals surface area contributed by atoms with Crippen molar-refractivity contribution in [3.8, 4) is 0 Å². The Balaban J connectivity index is 1.38. The van der Waals surface area contributed by atoms with Gasteiger partial charge in [-0.1, -0.05) is 5.16 Å². The molecule has 3 fully saturated rings. The number of hydrogen-bond acceptors (Lipinski definition) is 6. The molecule has 0 aromatic carbocycles. The van der Waals surface area contributed by atoms with E-state index in [0.717, 1.165) is 31.8 Å². The lowest BCUT2D eigenvalue weighted by molar-refractivity contribution is -0.144. The summed E-state index contributed by atoms with van der Waals surface area (Å²) in [4.78, 5) is 29.7. The van der Waals surface area contributed by atoms with Gasteiger partial charge >= 0.3 is 5.97 Å². The van der Waals surface area contributed by atoms with E-state index in [9.17, 15) is 14.7 Å². The van der Waals surface area contributed by atoms with Crippen LogP contribution in [0.5, 0.6) is 0 Å². The molecule has 8 heteroatoms. The number of piperidine rings is 1. The maximum Gasteiger partial charge on any atom is 0.309 e. The van der Waals surface area contributed by atoms with E-state index in [-0.39, 0.29) is 12.3 Å². The van der Waals surface area contributed by atoms with Gasteiger partial charge in [-0.05, 0) is 25.7 Å². The summed E-state index contributed by atoms with van der Waals surface area (Å²) in [6, 6.07) is 0. The molecule has 1 saturated carbocycles. The van der Waals surface area contributed by atoms with Crippen molar-refractivity contribution in [1.29, 1.82) is 0 Å². The van der Waals surface area contributed by atoms with Gasteiger partial charge in [0.2, 0.25) is 11.8 Å². The first-order valence-corrected chi connectivity index (χ1v) is 8.14. The number of rotatable bonds is 4. The molecule has 1 amide bonds. The molecule has 1 aromatic heterocycles. The van der Waals surface area contributed by atoms with Crippen molar-refractivity contribution in [3.05, 3.63) is 11.7 Å². The zero-order chi connectivity index (χ0) is 16.0. The van der Waals surface area contributed by atoms with Crippen molar-refractivity contribution in [2.75, 3.05) is 13.1 Å². The highest BCUT2D eigenvalue weighted by Gasteiger charge is 2.51. The number of aromatic nitrogens is 2. The molecule has 3 heterocycles. The van der Waals surface area contributed by atoms with Crippen LogP contribution in [0.25, 0.3) is 0 Å². The van der Waals surface area contributed by atoms with E-state index in [1.54, 1.807) is 0 Å². The lowest BCUT2D eigenvalue weighted by Gasteiger charge is -2.41. The molecule has 0 radical (unpaired) electrons. The molecule has 1 unspecified atom stereocenters. The first-order valence-electron chi connectivity index (χ1n) is 8.14. The largest absolute Gasteiger partial charge is 0.481 e. The van der Waals surface area contributed by atoms with Crippen molar-refractivity contribution in [2.24, 2.45) is 5.92 Å². The number of amides is 1. The summed E-state index contributed by atoms with van der Waals surface area (Å²) in [6.45, 7) is 2.05. The summed E-state index contributed by atoms with van der Waals surface area (Å²) in [5.41, 5.74) is -0.587. The van der Waals surface area contributed by atoms with Crippen LogP contribution in [0.4, 0.5) is 0 Å². The van der Waals surface area contributed by atoms with Crippen LogP contribution < -0.4 is 5.32 Å². The smallest absolute Gasteiger partial charge is 0.309 e. The summed E-state index contributed by atoms with van der Waals surface area (Å²) in [6.07, 6.45) is 3.63. The molecule has 1 aromatic rings. The summed E-state index contributed by atoms with van der Waals surface area (Å²) >= 11 is 0. The Morgan fingerprint density at radius 2 is 2.13 bits per heavy atom. The van der Waals surface area contributed by atoms with Gasteiger partial charge in [0.15, 0.2) is 5.82 Å². The summed E-state index contributed by atoms with van der Waals surface area (Å²) < 4.78 is 5.26. The van der Waals surface area contributed by atoms with Crippen molar-refractivity contribution in [2.45, 2.75) is 50.1 Å². The van der Waals surface area contributed by atoms with Crippen LogP contribution in [0.1, 0.15) is 49.7 Å². The monoisotopic (exact) mass is 320 g/mol. The summed E-state index contributed by atoms with van der Waals surface area (Å²) in [7, 11) is 0. The molecule has 2 N–H and O–H groups in total. The SMILES string of the molecule is O=C1CC(C(=O)O)C2(CCN(Cc3noc(C4CC4)n3)CC2)N1. The molecule has 2 aliphatic heterocycles. The average molecular weight is 320 g/mol. The van der Waals surface area contributed by atoms with E-state index >= 15 is 0 Å². The van der Waals surface area contributed by atoms with E-state index in [4.69, 9.17) is 4.52 Å². The maximum absolute atomic E-state index is 11.7. The average Bonchev–Trinajstić information content (AvgIpc) is 3.18. The van der Waals surface area contributed by atoms with Gasteiger partial charge in [0, 0.05) is 25.4 Å². The second kappa shape index (κ2) is 5.30. The van der Waals surface area contributed by atoms with Crippen LogP contribution in [0.2, 0.25) is 0 Å². The third-order valence-corrected chi connectivity index (χ3v) is 5.27. The Labute approximate surface area is 133 Å². The Bertz CT molecular complexity index is 631. The van der Waals surface area contributed by atoms with Gasteiger partial charge in [0.25, 0.3) is 0 Å². The van der Waals surface area contributed by atoms with Crippen LogP contribution in [0, 0.1) is 5.92 Å². The van der Waals surface area contributed by atoms with Crippen molar-refractivity contribution in [1.82, 2.24) is 20.4 Å². The second-order valence-electron chi connectivity index (χ2n) is 6.90. The number of nitrogens with zero attached hydrogens (tertiary/aromatic N) is 3. The first-order chi connectivity index (χ1) is 11.1. The quantitative estimate of drug-likeness (QED) is 0.831. The highest BCUT2D eigenvalue weighted by Crippen LogP contribution is 2.39. The Kier molecular flexibility index (Phi) is 3.37. The van der Waals surface area contributed by atoms with Crippen LogP contribution >= 0.6 is 0 Å². The number of carbonyl (C=O) groups is 2. The summed E-state index contributed by atoms with van der Waals surface area (Å²) in [5.74, 6) is 0.215. The van der Waals surface area contributed by atoms with Crippen LogP contribution in [-0.4, -0.2) is 50.7 Å². The van der Waals surface area contributed by atoms with Gasteiger partial charge in [-0.2, -0.15) is 4.98 Å². The highest BCUT2D eigenvalue weighted by molar-refractivity contribution is 5.88. The van der Waals surface area contributed by atoms with Crippen molar-refractivity contribution < 1.29 is 19.2 Å². The van der Waals surface area contributed by atoms with Gasteiger partial charge in [-0.3, -0.25) is 14.5 Å². The lowest BCUT2D eigenvalue weighted by atomic mass is 9.78. The first kappa shape index (κ1) is 14.6. The zero-order valence-electron chi connectivity index (χ0n) is 12.8. The minimum Gasteiger partial charge on any atom is -0.481 e. The standard InChI is InChI=1S/C15H20N4O4/c20-12-7-10(14(21)22)15(17-12)3-5-19(6-4-15)8-11-16-13(23-18-11)9-1-2-9/h9-10H,1-8H2,(H,17,20)(H,21,22). The molecule has 23 heavy (non-hydrogen) atoms. The molecule has 1 atom stereocenters. The van der Waals surface area contributed by atoms with Gasteiger partial charge < -0.3 is 14.9 Å². The van der Waals surface area contributed by atoms with Gasteiger partial charge in [0.05, 0.1) is 18.0 Å². The third kappa shape index (κ3) is 2.71. The van der Waals surface area contributed by atoms with E-state index in [1.165, 1.54) is 0 Å². The number of nitrogens with one attached hydrogen (secondary N) is 1. The fourth-order valence-electron chi connectivity index (χ4n) is 3.73. The number of carboxylic acid groups (broad SMARTS) is 1. The van der Waals surface area contributed by atoms with Gasteiger partial charge in [-0.15, -0.1) is 0 Å². The van der Waals surface area contributed by atoms with E-state index < -0.39 is 17.4 Å². The second-order valence-corrected chi connectivity index (χ2v) is 6.90. The third-order valence-electron chi connectivity index (χ3n) is 5.27. The fourth-order valence-corrected chi connectivity index (χ4v) is 3.73. The molecule has 0 bridgehead atoms. The fraction of sp³-hybridized carbons (Fsp3) is 0.733.